The van der Waals surface area contributed by atoms with Gasteiger partial charge >= 0.3 is 5.97 Å². The molecule has 0 atom stereocenters. The molecule has 1 aromatic carbocycles. The highest BCUT2D eigenvalue weighted by molar-refractivity contribution is 5.85. The monoisotopic (exact) mass is 187 g/mol. The maximum absolute atomic E-state index is 10.3. The maximum atomic E-state index is 10.3. The van der Waals surface area contributed by atoms with Crippen LogP contribution >= 0.6 is 0 Å². The summed E-state index contributed by atoms with van der Waals surface area (Å²) in [6, 6.07) is 7.16. The van der Waals surface area contributed by atoms with Crippen molar-refractivity contribution in [3.05, 3.63) is 41.0 Å². The molecule has 0 unspecified atom stereocenters. The van der Waals surface area contributed by atoms with E-state index >= 15 is 0 Å². The van der Waals surface area contributed by atoms with Gasteiger partial charge in [-0.3, -0.25) is 0 Å². The summed E-state index contributed by atoms with van der Waals surface area (Å²) < 4.78 is 0. The van der Waals surface area contributed by atoms with E-state index in [1.165, 1.54) is 6.08 Å². The fourth-order valence-electron chi connectivity index (χ4n) is 1.05. The van der Waals surface area contributed by atoms with E-state index in [2.05, 4.69) is 0 Å². The number of nitriles is 1. The lowest BCUT2D eigenvalue weighted by Crippen LogP contribution is -1.88. The molecule has 0 spiro atoms. The molecule has 14 heavy (non-hydrogen) atoms. The molecule has 0 aliphatic heterocycles. The summed E-state index contributed by atoms with van der Waals surface area (Å²) in [5.74, 6) is -0.994. The number of rotatable bonds is 2. The molecule has 0 heterocycles. The number of aryl methyl sites for hydroxylation is 1. The lowest BCUT2D eigenvalue weighted by atomic mass is 10.1. The third-order valence-corrected chi connectivity index (χ3v) is 1.81. The van der Waals surface area contributed by atoms with Crippen LogP contribution in [0.3, 0.4) is 0 Å². The first-order valence-electron chi connectivity index (χ1n) is 4.05. The Balaban J connectivity index is 3.08. The lowest BCUT2D eigenvalue weighted by Gasteiger charge is -1.99. The van der Waals surface area contributed by atoms with Gasteiger partial charge in [0.25, 0.3) is 0 Å². The molecule has 0 bridgehead atoms. The molecule has 0 fully saturated rings. The van der Waals surface area contributed by atoms with E-state index in [9.17, 15) is 4.79 Å². The summed E-state index contributed by atoms with van der Waals surface area (Å²) in [7, 11) is 0. The third-order valence-electron chi connectivity index (χ3n) is 1.81. The van der Waals surface area contributed by atoms with Crippen LogP contribution in [0.25, 0.3) is 6.08 Å². The summed E-state index contributed by atoms with van der Waals surface area (Å²) in [6.45, 7) is 1.86. The van der Waals surface area contributed by atoms with E-state index in [0.29, 0.717) is 5.56 Å². The van der Waals surface area contributed by atoms with Crippen molar-refractivity contribution in [2.24, 2.45) is 0 Å². The quantitative estimate of drug-likeness (QED) is 0.720. The predicted octanol–water partition coefficient (Wildman–Crippen LogP) is 1.96. The van der Waals surface area contributed by atoms with Gasteiger partial charge in [-0.05, 0) is 36.3 Å². The van der Waals surface area contributed by atoms with Gasteiger partial charge < -0.3 is 5.11 Å². The average molecular weight is 187 g/mol. The lowest BCUT2D eigenvalue weighted by molar-refractivity contribution is -0.131. The molecule has 0 aliphatic carbocycles. The number of nitrogens with zero attached hydrogens (tertiary/aromatic N) is 1. The summed E-state index contributed by atoms with van der Waals surface area (Å²) in [6.07, 6.45) is 2.54. The van der Waals surface area contributed by atoms with Crippen LogP contribution in [0.15, 0.2) is 24.3 Å². The van der Waals surface area contributed by atoms with E-state index in [4.69, 9.17) is 10.4 Å². The number of carbonyl (C=O) groups is 1. The van der Waals surface area contributed by atoms with Crippen molar-refractivity contribution in [2.75, 3.05) is 0 Å². The van der Waals surface area contributed by atoms with Crippen LogP contribution in [0.5, 0.6) is 0 Å². The Morgan fingerprint density at radius 3 is 2.86 bits per heavy atom. The van der Waals surface area contributed by atoms with Crippen molar-refractivity contribution in [3.63, 3.8) is 0 Å². The van der Waals surface area contributed by atoms with E-state index in [1.807, 2.05) is 13.0 Å². The Hall–Kier alpha value is -2.08. The molecule has 1 aromatic rings. The Morgan fingerprint density at radius 1 is 1.57 bits per heavy atom. The molecule has 0 saturated carbocycles. The van der Waals surface area contributed by atoms with Crippen molar-refractivity contribution in [1.29, 1.82) is 5.26 Å². The number of hydrogen-bond acceptors (Lipinski definition) is 2. The molecular weight excluding hydrogens is 178 g/mol. The Labute approximate surface area is 81.9 Å². The second-order valence-electron chi connectivity index (χ2n) is 2.85. The standard InChI is InChI=1S/C11H9NO2/c1-8-2-3-9(7-12)6-10(8)4-5-11(13)14/h2-6H,1H3,(H,13,14). The van der Waals surface area contributed by atoms with E-state index in [-0.39, 0.29) is 0 Å². The first-order chi connectivity index (χ1) is 6.63. The van der Waals surface area contributed by atoms with Gasteiger partial charge in [-0.15, -0.1) is 0 Å². The first kappa shape index (κ1) is 10.0. The zero-order valence-corrected chi connectivity index (χ0v) is 7.69. The number of hydrogen-bond donors (Lipinski definition) is 1. The normalized spacial score (nSPS) is 10.0. The van der Waals surface area contributed by atoms with E-state index in [1.54, 1.807) is 18.2 Å². The zero-order valence-electron chi connectivity index (χ0n) is 7.69. The second kappa shape index (κ2) is 4.24. The average Bonchev–Trinajstić information content (AvgIpc) is 2.16. The third kappa shape index (κ3) is 2.46. The highest BCUT2D eigenvalue weighted by atomic mass is 16.4. The van der Waals surface area contributed by atoms with Gasteiger partial charge in [-0.1, -0.05) is 6.07 Å². The second-order valence-corrected chi connectivity index (χ2v) is 2.85. The predicted molar refractivity (Wildman–Crippen MR) is 52.6 cm³/mol. The molecule has 0 saturated heterocycles. The smallest absolute Gasteiger partial charge is 0.328 e. The summed E-state index contributed by atoms with van der Waals surface area (Å²) in [5, 5.41) is 17.1. The van der Waals surface area contributed by atoms with Gasteiger partial charge in [0.1, 0.15) is 0 Å². The molecule has 3 heteroatoms. The number of carboxylic acid groups (broad SMARTS) is 1. The van der Waals surface area contributed by atoms with Gasteiger partial charge in [0.15, 0.2) is 0 Å². The Morgan fingerprint density at radius 2 is 2.29 bits per heavy atom. The SMILES string of the molecule is Cc1ccc(C#N)cc1C=CC(=O)O. The van der Waals surface area contributed by atoms with E-state index in [0.717, 1.165) is 17.2 Å². The largest absolute Gasteiger partial charge is 0.478 e. The first-order valence-corrected chi connectivity index (χ1v) is 4.05. The van der Waals surface area contributed by atoms with Gasteiger partial charge in [-0.25, -0.2) is 4.79 Å². The van der Waals surface area contributed by atoms with Crippen LogP contribution < -0.4 is 0 Å². The molecular formula is C11H9NO2. The van der Waals surface area contributed by atoms with Gasteiger partial charge in [0.05, 0.1) is 11.6 Å². The van der Waals surface area contributed by atoms with Crippen molar-refractivity contribution in [1.82, 2.24) is 0 Å². The van der Waals surface area contributed by atoms with Crippen LogP contribution in [0.4, 0.5) is 0 Å². The highest BCUT2D eigenvalue weighted by Gasteiger charge is 1.97. The summed E-state index contributed by atoms with van der Waals surface area (Å²) in [5.41, 5.74) is 2.23. The Kier molecular flexibility index (Phi) is 3.03. The van der Waals surface area contributed by atoms with Crippen molar-refractivity contribution in [3.8, 4) is 6.07 Å². The van der Waals surface area contributed by atoms with Gasteiger partial charge in [0.2, 0.25) is 0 Å². The summed E-state index contributed by atoms with van der Waals surface area (Å²) >= 11 is 0. The molecule has 3 nitrogen and oxygen atoms in total. The molecule has 0 amide bonds. The van der Waals surface area contributed by atoms with Crippen molar-refractivity contribution in [2.45, 2.75) is 6.92 Å². The van der Waals surface area contributed by atoms with Crippen LogP contribution in [0.1, 0.15) is 16.7 Å². The van der Waals surface area contributed by atoms with E-state index < -0.39 is 5.97 Å². The topological polar surface area (TPSA) is 61.1 Å². The fraction of sp³-hybridized carbons (Fsp3) is 0.0909. The molecule has 0 aliphatic rings. The molecule has 70 valence electrons. The highest BCUT2D eigenvalue weighted by Crippen LogP contribution is 2.12. The Bertz CT molecular complexity index is 427. The zero-order chi connectivity index (χ0) is 10.6. The van der Waals surface area contributed by atoms with Crippen molar-refractivity contribution >= 4 is 12.0 Å². The molecule has 0 radical (unpaired) electrons. The summed E-state index contributed by atoms with van der Waals surface area (Å²) in [4.78, 5) is 10.3. The number of carboxylic acids is 1. The molecule has 0 aromatic heterocycles. The number of benzene rings is 1. The minimum atomic E-state index is -0.994. The van der Waals surface area contributed by atoms with Crippen LogP contribution in [-0.2, 0) is 4.79 Å². The molecule has 1 rings (SSSR count). The fourth-order valence-corrected chi connectivity index (χ4v) is 1.05. The molecule has 1 N–H and O–H groups in total. The van der Waals surface area contributed by atoms with Gasteiger partial charge in [-0.2, -0.15) is 5.26 Å². The van der Waals surface area contributed by atoms with Crippen LogP contribution in [0, 0.1) is 18.3 Å². The minimum Gasteiger partial charge on any atom is -0.478 e. The number of aliphatic carboxylic acids is 1. The van der Waals surface area contributed by atoms with Crippen molar-refractivity contribution < 1.29 is 9.90 Å². The van der Waals surface area contributed by atoms with Gasteiger partial charge in [0, 0.05) is 6.08 Å². The maximum Gasteiger partial charge on any atom is 0.328 e. The van der Waals surface area contributed by atoms with Crippen LogP contribution in [-0.4, -0.2) is 11.1 Å². The van der Waals surface area contributed by atoms with Crippen LogP contribution in [0.2, 0.25) is 0 Å². The minimum absolute atomic E-state index is 0.528.